The molecule has 0 bridgehead atoms. The summed E-state index contributed by atoms with van der Waals surface area (Å²) in [4.78, 5) is 4.22. The van der Waals surface area contributed by atoms with Gasteiger partial charge < -0.3 is 10.4 Å². The molecule has 0 unspecified atom stereocenters. The Balaban J connectivity index is 2.50. The molecule has 0 aliphatic rings. The minimum Gasteiger partial charge on any atom is -0.396 e. The number of hydrogen-bond donors (Lipinski definition) is 2. The molecular weight excluding hydrogens is 204 g/mol. The van der Waals surface area contributed by atoms with Crippen LogP contribution in [0.25, 0.3) is 0 Å². The Labute approximate surface area is 96.9 Å². The lowest BCUT2D eigenvalue weighted by atomic mass is 10.0. The van der Waals surface area contributed by atoms with Gasteiger partial charge in [0.05, 0.1) is 6.54 Å². The zero-order valence-electron chi connectivity index (χ0n) is 10.4. The fourth-order valence-electron chi connectivity index (χ4n) is 1.51. The monoisotopic (exact) mass is 226 g/mol. The maximum Gasteiger partial charge on any atom is 0.140 e. The molecule has 0 aliphatic heterocycles. The molecule has 1 aromatic heterocycles. The van der Waals surface area contributed by atoms with Crippen molar-refractivity contribution in [2.24, 2.45) is 0 Å². The molecule has 0 aromatic carbocycles. The van der Waals surface area contributed by atoms with Crippen molar-refractivity contribution in [3.05, 3.63) is 12.2 Å². The Morgan fingerprint density at radius 1 is 1.50 bits per heavy atom. The average molecular weight is 226 g/mol. The Kier molecular flexibility index (Phi) is 4.89. The molecule has 0 atom stereocenters. The van der Waals surface area contributed by atoms with Crippen LogP contribution in [0.4, 0.5) is 0 Å². The van der Waals surface area contributed by atoms with Crippen molar-refractivity contribution in [2.75, 3.05) is 6.61 Å². The number of hydrogen-bond acceptors (Lipinski definition) is 4. The Morgan fingerprint density at radius 3 is 2.88 bits per heavy atom. The van der Waals surface area contributed by atoms with Gasteiger partial charge in [-0.2, -0.15) is 5.10 Å². The molecule has 1 heterocycles. The van der Waals surface area contributed by atoms with Crippen molar-refractivity contribution in [3.8, 4) is 0 Å². The van der Waals surface area contributed by atoms with E-state index in [9.17, 15) is 0 Å². The second kappa shape index (κ2) is 5.96. The number of rotatable bonds is 7. The highest BCUT2D eigenvalue weighted by molar-refractivity contribution is 4.87. The summed E-state index contributed by atoms with van der Waals surface area (Å²) < 4.78 is 1.92. The molecule has 2 N–H and O–H groups in total. The van der Waals surface area contributed by atoms with E-state index in [1.165, 1.54) is 0 Å². The quantitative estimate of drug-likeness (QED) is 0.726. The number of aliphatic hydroxyl groups is 1. The topological polar surface area (TPSA) is 63.0 Å². The normalized spacial score (nSPS) is 12.0. The van der Waals surface area contributed by atoms with E-state index in [0.717, 1.165) is 25.2 Å². The molecule has 5 nitrogen and oxygen atoms in total. The lowest BCUT2D eigenvalue weighted by Crippen LogP contribution is -2.40. The van der Waals surface area contributed by atoms with E-state index in [1.807, 2.05) is 4.68 Å². The molecule has 0 aliphatic carbocycles. The molecule has 1 aromatic rings. The highest BCUT2D eigenvalue weighted by atomic mass is 16.3. The maximum atomic E-state index is 8.92. The van der Waals surface area contributed by atoms with Crippen LogP contribution in [0, 0.1) is 0 Å². The molecule has 0 spiro atoms. The summed E-state index contributed by atoms with van der Waals surface area (Å²) in [7, 11) is 0. The van der Waals surface area contributed by atoms with Crippen LogP contribution in [0.3, 0.4) is 0 Å². The molecule has 0 amide bonds. The lowest BCUT2D eigenvalue weighted by molar-refractivity contribution is 0.228. The fourth-order valence-corrected chi connectivity index (χ4v) is 1.51. The smallest absolute Gasteiger partial charge is 0.140 e. The average Bonchev–Trinajstić information content (AvgIpc) is 2.63. The second-order valence-corrected chi connectivity index (χ2v) is 4.61. The van der Waals surface area contributed by atoms with E-state index in [0.29, 0.717) is 6.54 Å². The first-order chi connectivity index (χ1) is 7.59. The van der Waals surface area contributed by atoms with Crippen LogP contribution < -0.4 is 5.32 Å². The third kappa shape index (κ3) is 3.90. The number of aliphatic hydroxyl groups excluding tert-OH is 1. The predicted molar refractivity (Wildman–Crippen MR) is 62.9 cm³/mol. The summed E-state index contributed by atoms with van der Waals surface area (Å²) in [5.74, 6) is 0.952. The van der Waals surface area contributed by atoms with Gasteiger partial charge in [-0.05, 0) is 26.7 Å². The van der Waals surface area contributed by atoms with E-state index in [-0.39, 0.29) is 12.1 Å². The van der Waals surface area contributed by atoms with Gasteiger partial charge in [0.25, 0.3) is 0 Å². The van der Waals surface area contributed by atoms with Gasteiger partial charge in [0.1, 0.15) is 12.2 Å². The largest absolute Gasteiger partial charge is 0.396 e. The van der Waals surface area contributed by atoms with Crippen LogP contribution in [0.5, 0.6) is 0 Å². The van der Waals surface area contributed by atoms with Crippen LogP contribution in [0.2, 0.25) is 0 Å². The van der Waals surface area contributed by atoms with Gasteiger partial charge in [-0.3, -0.25) is 0 Å². The van der Waals surface area contributed by atoms with Crippen molar-refractivity contribution in [2.45, 2.75) is 52.2 Å². The Bertz CT molecular complexity index is 309. The number of nitrogens with zero attached hydrogens (tertiary/aromatic N) is 3. The lowest BCUT2D eigenvalue weighted by Gasteiger charge is -2.25. The third-order valence-electron chi connectivity index (χ3n) is 2.59. The zero-order valence-corrected chi connectivity index (χ0v) is 10.4. The van der Waals surface area contributed by atoms with Crippen LogP contribution >= 0.6 is 0 Å². The first-order valence-corrected chi connectivity index (χ1v) is 5.81. The molecule has 5 heteroatoms. The van der Waals surface area contributed by atoms with E-state index in [4.69, 9.17) is 5.11 Å². The molecule has 0 saturated heterocycles. The summed E-state index contributed by atoms with van der Waals surface area (Å²) in [6, 6.07) is 0. The number of aromatic nitrogens is 3. The van der Waals surface area contributed by atoms with Gasteiger partial charge >= 0.3 is 0 Å². The molecule has 0 saturated carbocycles. The maximum absolute atomic E-state index is 8.92. The van der Waals surface area contributed by atoms with E-state index < -0.39 is 0 Å². The SMILES string of the molecule is CCCn1ncnc1CNC(C)(C)CCO. The van der Waals surface area contributed by atoms with Crippen LogP contribution in [0.15, 0.2) is 6.33 Å². The zero-order chi connectivity index (χ0) is 12.0. The summed E-state index contributed by atoms with van der Waals surface area (Å²) in [5, 5.41) is 16.5. The van der Waals surface area contributed by atoms with Crippen LogP contribution in [-0.2, 0) is 13.1 Å². The minimum atomic E-state index is -0.0717. The molecule has 92 valence electrons. The van der Waals surface area contributed by atoms with E-state index in [1.54, 1.807) is 6.33 Å². The van der Waals surface area contributed by atoms with Crippen LogP contribution in [-0.4, -0.2) is 32.0 Å². The highest BCUT2D eigenvalue weighted by Crippen LogP contribution is 2.08. The number of nitrogens with one attached hydrogen (secondary N) is 1. The predicted octanol–water partition coefficient (Wildman–Crippen LogP) is 0.939. The summed E-state index contributed by atoms with van der Waals surface area (Å²) >= 11 is 0. The van der Waals surface area contributed by atoms with E-state index >= 15 is 0 Å². The molecule has 16 heavy (non-hydrogen) atoms. The van der Waals surface area contributed by atoms with Crippen molar-refractivity contribution in [1.29, 1.82) is 0 Å². The van der Waals surface area contributed by atoms with Crippen molar-refractivity contribution >= 4 is 0 Å². The van der Waals surface area contributed by atoms with Gasteiger partial charge in [0.15, 0.2) is 0 Å². The van der Waals surface area contributed by atoms with Gasteiger partial charge in [0.2, 0.25) is 0 Å². The number of aryl methyl sites for hydroxylation is 1. The first-order valence-electron chi connectivity index (χ1n) is 5.81. The fraction of sp³-hybridized carbons (Fsp3) is 0.818. The second-order valence-electron chi connectivity index (χ2n) is 4.61. The molecule has 0 radical (unpaired) electrons. The highest BCUT2D eigenvalue weighted by Gasteiger charge is 2.17. The minimum absolute atomic E-state index is 0.0717. The summed E-state index contributed by atoms with van der Waals surface area (Å²) in [6.07, 6.45) is 3.37. The molecule has 0 fully saturated rings. The molecular formula is C11H22N4O. The van der Waals surface area contributed by atoms with E-state index in [2.05, 4.69) is 36.2 Å². The van der Waals surface area contributed by atoms with Gasteiger partial charge in [0, 0.05) is 18.7 Å². The molecule has 1 rings (SSSR count). The van der Waals surface area contributed by atoms with Crippen molar-refractivity contribution in [1.82, 2.24) is 20.1 Å². The first kappa shape index (κ1) is 13.1. The summed E-state index contributed by atoms with van der Waals surface area (Å²) in [5.41, 5.74) is -0.0717. The standard InChI is InChI=1S/C11H22N4O/c1-4-6-15-10(12-9-14-15)8-13-11(2,3)5-7-16/h9,13,16H,4-8H2,1-3H3. The Hall–Kier alpha value is -0.940. The third-order valence-corrected chi connectivity index (χ3v) is 2.59. The van der Waals surface area contributed by atoms with Gasteiger partial charge in [-0.25, -0.2) is 9.67 Å². The van der Waals surface area contributed by atoms with Crippen molar-refractivity contribution < 1.29 is 5.11 Å². The van der Waals surface area contributed by atoms with Crippen molar-refractivity contribution in [3.63, 3.8) is 0 Å². The van der Waals surface area contributed by atoms with Gasteiger partial charge in [-0.1, -0.05) is 6.92 Å². The summed E-state index contributed by atoms with van der Waals surface area (Å²) in [6.45, 7) is 8.05. The van der Waals surface area contributed by atoms with Crippen LogP contribution in [0.1, 0.15) is 39.4 Å². The van der Waals surface area contributed by atoms with Gasteiger partial charge in [-0.15, -0.1) is 0 Å². The Morgan fingerprint density at radius 2 is 2.25 bits per heavy atom.